The predicted octanol–water partition coefficient (Wildman–Crippen LogP) is 5.97. The van der Waals surface area contributed by atoms with Crippen LogP contribution in [0.25, 0.3) is 12.2 Å². The molecule has 1 saturated heterocycles. The van der Waals surface area contributed by atoms with Crippen molar-refractivity contribution in [2.45, 2.75) is 25.7 Å². The summed E-state index contributed by atoms with van der Waals surface area (Å²) in [5.74, 6) is 0.989. The number of piperidine rings is 1. The third kappa shape index (κ3) is 4.00. The molecule has 162 valence electrons. The summed E-state index contributed by atoms with van der Waals surface area (Å²) in [6.45, 7) is 3.43. The molecule has 6 heteroatoms. The molecule has 1 amide bonds. The highest BCUT2D eigenvalue weighted by Crippen LogP contribution is 2.43. The van der Waals surface area contributed by atoms with Gasteiger partial charge in [0.15, 0.2) is 5.75 Å². The van der Waals surface area contributed by atoms with Gasteiger partial charge in [0.1, 0.15) is 0 Å². The van der Waals surface area contributed by atoms with E-state index in [1.165, 1.54) is 16.7 Å². The molecule has 3 heterocycles. The Morgan fingerprint density at radius 1 is 1.12 bits per heavy atom. The van der Waals surface area contributed by atoms with Gasteiger partial charge in [-0.2, -0.15) is 0 Å². The SMILES string of the molecule is Cc1ccnc2c1C=Cc1cc(Cl)ccc1C2C1CCN(C(=O)Oc2cccnc2)CC1. The Bertz CT molecular complexity index is 1170. The average Bonchev–Trinajstić information content (AvgIpc) is 2.97. The van der Waals surface area contributed by atoms with Gasteiger partial charge in [-0.15, -0.1) is 0 Å². The number of hydrogen-bond donors (Lipinski definition) is 0. The largest absolute Gasteiger partial charge is 0.415 e. The van der Waals surface area contributed by atoms with E-state index < -0.39 is 0 Å². The van der Waals surface area contributed by atoms with Crippen LogP contribution < -0.4 is 4.74 Å². The van der Waals surface area contributed by atoms with Gasteiger partial charge in [-0.3, -0.25) is 9.97 Å². The summed E-state index contributed by atoms with van der Waals surface area (Å²) in [6, 6.07) is 11.7. The van der Waals surface area contributed by atoms with E-state index in [0.29, 0.717) is 24.8 Å². The summed E-state index contributed by atoms with van der Waals surface area (Å²) in [7, 11) is 0. The van der Waals surface area contributed by atoms with E-state index in [0.717, 1.165) is 29.1 Å². The molecule has 5 rings (SSSR count). The van der Waals surface area contributed by atoms with Crippen molar-refractivity contribution in [2.24, 2.45) is 5.92 Å². The number of halogens is 1. The van der Waals surface area contributed by atoms with Crippen molar-refractivity contribution in [1.82, 2.24) is 14.9 Å². The minimum absolute atomic E-state index is 0.156. The van der Waals surface area contributed by atoms with Gasteiger partial charge in [0.25, 0.3) is 0 Å². The van der Waals surface area contributed by atoms with Crippen molar-refractivity contribution >= 4 is 29.8 Å². The highest BCUT2D eigenvalue weighted by atomic mass is 35.5. The molecule has 0 spiro atoms. The molecule has 32 heavy (non-hydrogen) atoms. The second-order valence-electron chi connectivity index (χ2n) is 8.39. The first-order valence-corrected chi connectivity index (χ1v) is 11.3. The van der Waals surface area contributed by atoms with E-state index in [1.807, 2.05) is 18.3 Å². The molecule has 5 nitrogen and oxygen atoms in total. The van der Waals surface area contributed by atoms with Crippen molar-refractivity contribution in [3.8, 4) is 5.75 Å². The number of ether oxygens (including phenoxy) is 1. The van der Waals surface area contributed by atoms with Crippen LogP contribution in [0.1, 0.15) is 46.7 Å². The number of likely N-dealkylation sites (tertiary alicyclic amines) is 1. The third-order valence-electron chi connectivity index (χ3n) is 6.46. The molecule has 3 aromatic rings. The quantitative estimate of drug-likeness (QED) is 0.488. The number of aryl methyl sites for hydroxylation is 1. The van der Waals surface area contributed by atoms with Gasteiger partial charge >= 0.3 is 6.09 Å². The van der Waals surface area contributed by atoms with Crippen LogP contribution in [0.15, 0.2) is 55.0 Å². The standard InChI is InChI=1S/C26H24ClN3O2/c1-17-8-12-29-25-22(17)6-4-19-15-20(27)5-7-23(19)24(25)18-9-13-30(14-10-18)26(31)32-21-3-2-11-28-16-21/h2-8,11-12,15-16,18,24H,9-10,13-14H2,1H3. The number of benzene rings is 1. The molecule has 1 aromatic carbocycles. The number of aromatic nitrogens is 2. The molecule has 0 radical (unpaired) electrons. The Kier molecular flexibility index (Phi) is 5.66. The fourth-order valence-electron chi connectivity index (χ4n) is 4.81. The zero-order valence-corrected chi connectivity index (χ0v) is 18.6. The van der Waals surface area contributed by atoms with E-state index in [1.54, 1.807) is 29.4 Å². The number of hydrogen-bond acceptors (Lipinski definition) is 4. The van der Waals surface area contributed by atoms with E-state index in [-0.39, 0.29) is 12.0 Å². The second kappa shape index (κ2) is 8.75. The van der Waals surface area contributed by atoms with Crippen LogP contribution in [-0.2, 0) is 0 Å². The Hall–Kier alpha value is -3.18. The first kappa shape index (κ1) is 20.7. The Morgan fingerprint density at radius 3 is 2.75 bits per heavy atom. The highest BCUT2D eigenvalue weighted by molar-refractivity contribution is 6.30. The van der Waals surface area contributed by atoms with Crippen molar-refractivity contribution in [3.63, 3.8) is 0 Å². The summed E-state index contributed by atoms with van der Waals surface area (Å²) < 4.78 is 5.48. The summed E-state index contributed by atoms with van der Waals surface area (Å²) >= 11 is 6.31. The molecule has 2 aromatic heterocycles. The predicted molar refractivity (Wildman–Crippen MR) is 126 cm³/mol. The maximum absolute atomic E-state index is 12.6. The van der Waals surface area contributed by atoms with Crippen molar-refractivity contribution in [3.05, 3.63) is 88.0 Å². The minimum atomic E-state index is -0.319. The van der Waals surface area contributed by atoms with Crippen molar-refractivity contribution in [2.75, 3.05) is 13.1 Å². The lowest BCUT2D eigenvalue weighted by Crippen LogP contribution is -2.41. The average molecular weight is 446 g/mol. The van der Waals surface area contributed by atoms with E-state index in [4.69, 9.17) is 21.3 Å². The normalized spacial score (nSPS) is 17.9. The summed E-state index contributed by atoms with van der Waals surface area (Å²) in [4.78, 5) is 23.2. The Labute approximate surface area is 192 Å². The van der Waals surface area contributed by atoms with Gasteiger partial charge in [-0.1, -0.05) is 29.8 Å². The monoisotopic (exact) mass is 445 g/mol. The molecular formula is C26H24ClN3O2. The van der Waals surface area contributed by atoms with Crippen molar-refractivity contribution in [1.29, 1.82) is 0 Å². The highest BCUT2D eigenvalue weighted by Gasteiger charge is 2.34. The number of rotatable bonds is 2. The molecule has 2 aliphatic rings. The summed E-state index contributed by atoms with van der Waals surface area (Å²) in [6.07, 6.45) is 10.9. The second-order valence-corrected chi connectivity index (χ2v) is 8.83. The number of nitrogens with zero attached hydrogens (tertiary/aromatic N) is 3. The number of carbonyl (C=O) groups is 1. The molecule has 1 aliphatic heterocycles. The number of carbonyl (C=O) groups excluding carboxylic acids is 1. The maximum Gasteiger partial charge on any atom is 0.415 e. The molecule has 1 unspecified atom stereocenters. The smallest absolute Gasteiger partial charge is 0.409 e. The minimum Gasteiger partial charge on any atom is -0.409 e. The van der Waals surface area contributed by atoms with Gasteiger partial charge in [0, 0.05) is 36.4 Å². The topological polar surface area (TPSA) is 55.3 Å². The fraction of sp³-hybridized carbons (Fsp3) is 0.269. The molecule has 0 saturated carbocycles. The lowest BCUT2D eigenvalue weighted by atomic mass is 9.76. The number of pyridine rings is 2. The fourth-order valence-corrected chi connectivity index (χ4v) is 4.99. The Balaban J connectivity index is 1.40. The number of fused-ring (bicyclic) bond motifs is 2. The lowest BCUT2D eigenvalue weighted by Gasteiger charge is -2.36. The molecule has 0 bridgehead atoms. The van der Waals surface area contributed by atoms with Crippen LogP contribution in [0, 0.1) is 12.8 Å². The van der Waals surface area contributed by atoms with Gasteiger partial charge < -0.3 is 9.64 Å². The first-order chi connectivity index (χ1) is 15.6. The van der Waals surface area contributed by atoms with Gasteiger partial charge in [-0.05, 0) is 78.3 Å². The van der Waals surface area contributed by atoms with Gasteiger partial charge in [-0.25, -0.2) is 4.79 Å². The summed E-state index contributed by atoms with van der Waals surface area (Å²) in [5, 5.41) is 0.732. The maximum atomic E-state index is 12.6. The Morgan fingerprint density at radius 2 is 1.97 bits per heavy atom. The van der Waals surface area contributed by atoms with Crippen molar-refractivity contribution < 1.29 is 9.53 Å². The van der Waals surface area contributed by atoms with Crippen LogP contribution >= 0.6 is 11.6 Å². The third-order valence-corrected chi connectivity index (χ3v) is 6.69. The zero-order chi connectivity index (χ0) is 22.1. The molecule has 1 atom stereocenters. The van der Waals surface area contributed by atoms with E-state index in [9.17, 15) is 4.79 Å². The summed E-state index contributed by atoms with van der Waals surface area (Å²) in [5.41, 5.74) is 5.90. The van der Waals surface area contributed by atoms with Crippen LogP contribution in [0.5, 0.6) is 5.75 Å². The molecule has 0 N–H and O–H groups in total. The number of amides is 1. The van der Waals surface area contributed by atoms with Gasteiger partial charge in [0.2, 0.25) is 0 Å². The van der Waals surface area contributed by atoms with E-state index >= 15 is 0 Å². The molecule has 1 fully saturated rings. The first-order valence-electron chi connectivity index (χ1n) is 10.9. The van der Waals surface area contributed by atoms with Crippen LogP contribution in [0.4, 0.5) is 4.79 Å². The van der Waals surface area contributed by atoms with Crippen LogP contribution in [0.3, 0.4) is 0 Å². The molecular weight excluding hydrogens is 422 g/mol. The van der Waals surface area contributed by atoms with Crippen LogP contribution in [0.2, 0.25) is 5.02 Å². The lowest BCUT2D eigenvalue weighted by molar-refractivity contribution is 0.128. The van der Waals surface area contributed by atoms with E-state index in [2.05, 4.69) is 36.2 Å². The zero-order valence-electron chi connectivity index (χ0n) is 17.9. The molecule has 1 aliphatic carbocycles. The van der Waals surface area contributed by atoms with Gasteiger partial charge in [0.05, 0.1) is 11.9 Å². The van der Waals surface area contributed by atoms with Crippen LogP contribution in [-0.4, -0.2) is 34.1 Å².